The summed E-state index contributed by atoms with van der Waals surface area (Å²) < 4.78 is 40.3. The number of aromatic nitrogens is 1. The summed E-state index contributed by atoms with van der Waals surface area (Å²) in [6.07, 6.45) is -3.37. The van der Waals surface area contributed by atoms with Crippen LogP contribution in [0, 0.1) is 0 Å². The van der Waals surface area contributed by atoms with Gasteiger partial charge >= 0.3 is 12.2 Å². The van der Waals surface area contributed by atoms with Gasteiger partial charge in [0.2, 0.25) is 6.20 Å². The van der Waals surface area contributed by atoms with E-state index in [9.17, 15) is 13.2 Å². The molecule has 0 N–H and O–H groups in total. The monoisotopic (exact) mass is 208 g/mol. The molecule has 1 heterocycles. The smallest absolute Gasteiger partial charge is 0.347 e. The van der Waals surface area contributed by atoms with Crippen LogP contribution in [0.15, 0.2) is 24.4 Å². The molecule has 0 bridgehead atoms. The van der Waals surface area contributed by atoms with Crippen LogP contribution in [0.5, 0.6) is 5.88 Å². The molecule has 0 aliphatic rings. The number of alkyl halides is 3. The van der Waals surface area contributed by atoms with E-state index < -0.39 is 12.2 Å². The van der Waals surface area contributed by atoms with Gasteiger partial charge in [-0.05, 0) is 13.0 Å². The number of hydrogen-bond acceptors (Lipinski definition) is 2. The van der Waals surface area contributed by atoms with Crippen molar-refractivity contribution in [1.29, 1.82) is 0 Å². The number of rotatable bonds is 3. The van der Waals surface area contributed by atoms with E-state index in [1.165, 1.54) is 18.3 Å². The van der Waals surface area contributed by atoms with E-state index >= 15 is 0 Å². The number of pyridine rings is 1. The average molecular weight is 208 g/mol. The van der Waals surface area contributed by atoms with Gasteiger partial charge in [0.15, 0.2) is 6.61 Å². The van der Waals surface area contributed by atoms with E-state index in [1.807, 2.05) is 0 Å². The minimum Gasteiger partial charge on any atom is -0.347 e. The third kappa shape index (κ3) is 3.12. The molecule has 0 saturated carbocycles. The summed E-state index contributed by atoms with van der Waals surface area (Å²) in [5.74, 6) is -0.401. The lowest BCUT2D eigenvalue weighted by Crippen LogP contribution is -2.45. The Morgan fingerprint density at radius 3 is 2.64 bits per heavy atom. The molecule has 0 amide bonds. The molecular weight excluding hydrogens is 199 g/mol. The van der Waals surface area contributed by atoms with E-state index in [0.29, 0.717) is 0 Å². The van der Waals surface area contributed by atoms with Gasteiger partial charge in [-0.1, -0.05) is 0 Å². The Morgan fingerprint density at radius 1 is 1.36 bits per heavy atom. The summed E-state index contributed by atoms with van der Waals surface area (Å²) in [6.45, 7) is 1.92. The maximum atomic E-state index is 11.9. The number of halogens is 3. The molecule has 0 radical (unpaired) electrons. The van der Waals surface area contributed by atoms with Gasteiger partial charge in [0.1, 0.15) is 0 Å². The Kier molecular flexibility index (Phi) is 3.16. The Labute approximate surface area is 78.6 Å². The fourth-order valence-electron chi connectivity index (χ4n) is 0.856. The highest BCUT2D eigenvalue weighted by molar-refractivity contribution is 5.02. The summed E-state index contributed by atoms with van der Waals surface area (Å²) >= 11 is 0. The van der Waals surface area contributed by atoms with Gasteiger partial charge in [-0.3, -0.25) is 4.84 Å². The maximum Gasteiger partial charge on any atom is 0.577 e. The largest absolute Gasteiger partial charge is 0.577 e. The van der Waals surface area contributed by atoms with Crippen LogP contribution in [0.25, 0.3) is 0 Å². The lowest BCUT2D eigenvalue weighted by molar-refractivity contribution is -0.894. The fourth-order valence-corrected chi connectivity index (χ4v) is 0.856. The van der Waals surface area contributed by atoms with Gasteiger partial charge in [0.05, 0.1) is 6.07 Å². The fraction of sp³-hybridized carbons (Fsp3) is 0.375. The van der Waals surface area contributed by atoms with Crippen molar-refractivity contribution in [3.05, 3.63) is 24.4 Å². The quantitative estimate of drug-likeness (QED) is 0.699. The lowest BCUT2D eigenvalue weighted by atomic mass is 10.5. The number of nitrogens with zero attached hydrogens (tertiary/aromatic N) is 1. The molecule has 1 rings (SSSR count). The van der Waals surface area contributed by atoms with Crippen LogP contribution in [0.4, 0.5) is 13.2 Å². The van der Waals surface area contributed by atoms with Crippen LogP contribution in [0.3, 0.4) is 0 Å². The zero-order valence-corrected chi connectivity index (χ0v) is 7.41. The van der Waals surface area contributed by atoms with Gasteiger partial charge in [-0.15, -0.1) is 13.2 Å². The second-order valence-electron chi connectivity index (χ2n) is 2.33. The molecular formula is C8H9F3NO2+. The zero-order chi connectivity index (χ0) is 10.6. The van der Waals surface area contributed by atoms with Crippen molar-refractivity contribution in [2.45, 2.75) is 13.3 Å². The van der Waals surface area contributed by atoms with E-state index in [-0.39, 0.29) is 6.61 Å². The molecule has 1 aromatic heterocycles. The highest BCUT2D eigenvalue weighted by Crippen LogP contribution is 2.18. The highest BCUT2D eigenvalue weighted by Gasteiger charge is 2.35. The van der Waals surface area contributed by atoms with Crippen LogP contribution >= 0.6 is 0 Å². The van der Waals surface area contributed by atoms with Gasteiger partial charge in [-0.2, -0.15) is 0 Å². The minimum absolute atomic E-state index is 0.253. The summed E-state index contributed by atoms with van der Waals surface area (Å²) in [5.41, 5.74) is 0. The van der Waals surface area contributed by atoms with Crippen molar-refractivity contribution < 1.29 is 27.5 Å². The first kappa shape index (κ1) is 10.6. The molecule has 0 aliphatic carbocycles. The third-order valence-electron chi connectivity index (χ3n) is 1.28. The second kappa shape index (κ2) is 4.17. The second-order valence-corrected chi connectivity index (χ2v) is 2.33. The Hall–Kier alpha value is -1.46. The topological polar surface area (TPSA) is 22.3 Å². The van der Waals surface area contributed by atoms with E-state index in [1.54, 1.807) is 13.0 Å². The van der Waals surface area contributed by atoms with Gasteiger partial charge < -0.3 is 4.74 Å². The molecule has 0 unspecified atom stereocenters. The minimum atomic E-state index is -4.71. The predicted molar refractivity (Wildman–Crippen MR) is 40.4 cm³/mol. The van der Waals surface area contributed by atoms with Gasteiger partial charge in [0, 0.05) is 10.8 Å². The number of ether oxygens (including phenoxy) is 1. The standard InChI is InChI=1S/C8H9F3NO2/c1-2-13-12-6-4-3-5-7(12)14-8(9,10)11/h3-6H,2H2,1H3/q+1. The first-order valence-electron chi connectivity index (χ1n) is 3.92. The van der Waals surface area contributed by atoms with Crippen molar-refractivity contribution in [3.63, 3.8) is 0 Å². The molecule has 0 spiro atoms. The molecule has 14 heavy (non-hydrogen) atoms. The van der Waals surface area contributed by atoms with Crippen LogP contribution < -0.4 is 14.3 Å². The van der Waals surface area contributed by atoms with Crippen LogP contribution in [0.1, 0.15) is 6.92 Å². The van der Waals surface area contributed by atoms with Crippen molar-refractivity contribution in [2.24, 2.45) is 0 Å². The molecule has 78 valence electrons. The van der Waals surface area contributed by atoms with Crippen LogP contribution in [-0.4, -0.2) is 13.0 Å². The zero-order valence-electron chi connectivity index (χ0n) is 7.41. The number of hydrogen-bond donors (Lipinski definition) is 0. The van der Waals surface area contributed by atoms with Crippen molar-refractivity contribution >= 4 is 0 Å². The molecule has 0 aromatic carbocycles. The van der Waals surface area contributed by atoms with Crippen LogP contribution in [0.2, 0.25) is 0 Å². The Bertz CT molecular complexity index is 301. The lowest BCUT2D eigenvalue weighted by Gasteiger charge is -2.05. The third-order valence-corrected chi connectivity index (χ3v) is 1.28. The van der Waals surface area contributed by atoms with Gasteiger partial charge in [-0.25, -0.2) is 0 Å². The van der Waals surface area contributed by atoms with Gasteiger partial charge in [0.25, 0.3) is 0 Å². The molecule has 1 aromatic rings. The van der Waals surface area contributed by atoms with Crippen molar-refractivity contribution in [2.75, 3.05) is 6.61 Å². The molecule has 6 heteroatoms. The Morgan fingerprint density at radius 2 is 2.07 bits per heavy atom. The first-order chi connectivity index (χ1) is 6.53. The predicted octanol–water partition coefficient (Wildman–Crippen LogP) is 1.32. The normalized spacial score (nSPS) is 11.1. The van der Waals surface area contributed by atoms with E-state index in [4.69, 9.17) is 4.84 Å². The summed E-state index contributed by atoms with van der Waals surface area (Å²) in [7, 11) is 0. The maximum absolute atomic E-state index is 11.9. The van der Waals surface area contributed by atoms with Crippen LogP contribution in [-0.2, 0) is 0 Å². The average Bonchev–Trinajstić information content (AvgIpc) is 2.06. The molecule has 3 nitrogen and oxygen atoms in total. The molecule has 0 aliphatic heterocycles. The SMILES string of the molecule is CCO[n+]1ccccc1OC(F)(F)F. The van der Waals surface area contributed by atoms with Crippen molar-refractivity contribution in [3.8, 4) is 5.88 Å². The highest BCUT2D eigenvalue weighted by atomic mass is 19.4. The van der Waals surface area contributed by atoms with E-state index in [0.717, 1.165) is 4.73 Å². The summed E-state index contributed by atoms with van der Waals surface area (Å²) in [4.78, 5) is 4.87. The molecule has 0 saturated heterocycles. The van der Waals surface area contributed by atoms with Crippen molar-refractivity contribution in [1.82, 2.24) is 0 Å². The molecule has 0 atom stereocenters. The molecule has 0 fully saturated rings. The first-order valence-corrected chi connectivity index (χ1v) is 3.92. The summed E-state index contributed by atoms with van der Waals surface area (Å²) in [6, 6.07) is 4.14. The van der Waals surface area contributed by atoms with E-state index in [2.05, 4.69) is 4.74 Å². The Balaban J connectivity index is 2.84. The summed E-state index contributed by atoms with van der Waals surface area (Å²) in [5, 5.41) is 0.